The number of nitrogens with zero attached hydrogens (tertiary/aromatic N) is 3. The van der Waals surface area contributed by atoms with Crippen LogP contribution in [0.15, 0.2) is 36.5 Å². The summed E-state index contributed by atoms with van der Waals surface area (Å²) in [4.78, 5) is 33.5. The molecule has 0 radical (unpaired) electrons. The number of amides is 1. The van der Waals surface area contributed by atoms with E-state index in [0.717, 1.165) is 5.56 Å². The quantitative estimate of drug-likeness (QED) is 0.819. The fourth-order valence-electron chi connectivity index (χ4n) is 2.28. The van der Waals surface area contributed by atoms with Crippen LogP contribution in [0.25, 0.3) is 0 Å². The second kappa shape index (κ2) is 8.58. The zero-order valence-corrected chi connectivity index (χ0v) is 14.9. The Morgan fingerprint density at radius 2 is 1.92 bits per heavy atom. The summed E-state index contributed by atoms with van der Waals surface area (Å²) in [5.41, 5.74) is 1.05. The average molecular weight is 362 g/mol. The van der Waals surface area contributed by atoms with E-state index >= 15 is 0 Å². The highest BCUT2D eigenvalue weighted by Gasteiger charge is 2.23. The number of hydrogen-bond donors (Lipinski definition) is 1. The molecule has 25 heavy (non-hydrogen) atoms. The first-order valence-corrected chi connectivity index (χ1v) is 8.33. The van der Waals surface area contributed by atoms with Gasteiger partial charge in [-0.3, -0.25) is 9.59 Å². The van der Waals surface area contributed by atoms with Crippen LogP contribution in [0.4, 0.5) is 0 Å². The SMILES string of the molecule is CC(C)c1ncc(Cl)c(C(=O)N(CCc2ccccc2)CC(=O)O)n1. The summed E-state index contributed by atoms with van der Waals surface area (Å²) in [6.07, 6.45) is 1.92. The predicted octanol–water partition coefficient (Wildman–Crippen LogP) is 3.02. The second-order valence-corrected chi connectivity index (χ2v) is 6.34. The fraction of sp³-hybridized carbons (Fsp3) is 0.333. The predicted molar refractivity (Wildman–Crippen MR) is 94.8 cm³/mol. The number of carbonyl (C=O) groups excluding carboxylic acids is 1. The number of aliphatic carboxylic acids is 1. The van der Waals surface area contributed by atoms with Crippen LogP contribution in [0, 0.1) is 0 Å². The monoisotopic (exact) mass is 361 g/mol. The number of halogens is 1. The van der Waals surface area contributed by atoms with Crippen molar-refractivity contribution in [3.05, 3.63) is 58.6 Å². The van der Waals surface area contributed by atoms with Crippen molar-refractivity contribution in [2.75, 3.05) is 13.1 Å². The Morgan fingerprint density at radius 1 is 1.24 bits per heavy atom. The Kier molecular flexibility index (Phi) is 6.47. The van der Waals surface area contributed by atoms with Crippen molar-refractivity contribution in [3.63, 3.8) is 0 Å². The smallest absolute Gasteiger partial charge is 0.323 e. The van der Waals surface area contributed by atoms with E-state index in [9.17, 15) is 9.59 Å². The van der Waals surface area contributed by atoms with E-state index in [1.54, 1.807) is 0 Å². The maximum atomic E-state index is 12.8. The van der Waals surface area contributed by atoms with Crippen LogP contribution in [0.1, 0.15) is 41.6 Å². The molecule has 6 nitrogen and oxygen atoms in total. The molecule has 1 amide bonds. The van der Waals surface area contributed by atoms with Gasteiger partial charge in [0.25, 0.3) is 5.91 Å². The molecule has 0 spiro atoms. The minimum absolute atomic E-state index is 0.0288. The first kappa shape index (κ1) is 18.9. The molecule has 1 aromatic heterocycles. The second-order valence-electron chi connectivity index (χ2n) is 5.94. The minimum Gasteiger partial charge on any atom is -0.480 e. The third kappa shape index (κ3) is 5.26. The maximum Gasteiger partial charge on any atom is 0.323 e. The molecule has 0 fully saturated rings. The number of carboxylic acid groups (broad SMARTS) is 1. The Morgan fingerprint density at radius 3 is 2.52 bits per heavy atom. The molecule has 0 aliphatic carbocycles. The zero-order chi connectivity index (χ0) is 18.4. The molecule has 1 aromatic carbocycles. The van der Waals surface area contributed by atoms with Crippen LogP contribution >= 0.6 is 11.6 Å². The molecule has 2 aromatic rings. The molecular weight excluding hydrogens is 342 g/mol. The van der Waals surface area contributed by atoms with Crippen LogP contribution < -0.4 is 0 Å². The fourth-order valence-corrected chi connectivity index (χ4v) is 2.45. The zero-order valence-electron chi connectivity index (χ0n) is 14.1. The standard InChI is InChI=1S/C18H20ClN3O3/c1-12(2)17-20-10-14(19)16(21-17)18(25)22(11-15(23)24)9-8-13-6-4-3-5-7-13/h3-7,10,12H,8-9,11H2,1-2H3,(H,23,24). The van der Waals surface area contributed by atoms with E-state index in [2.05, 4.69) is 9.97 Å². The molecule has 0 unspecified atom stereocenters. The van der Waals surface area contributed by atoms with Gasteiger partial charge in [0.1, 0.15) is 12.4 Å². The summed E-state index contributed by atoms with van der Waals surface area (Å²) in [6, 6.07) is 9.55. The average Bonchev–Trinajstić information content (AvgIpc) is 2.58. The van der Waals surface area contributed by atoms with Gasteiger partial charge in [0.15, 0.2) is 5.69 Å². The number of carbonyl (C=O) groups is 2. The van der Waals surface area contributed by atoms with Crippen molar-refractivity contribution < 1.29 is 14.7 Å². The van der Waals surface area contributed by atoms with Gasteiger partial charge in [-0.1, -0.05) is 55.8 Å². The summed E-state index contributed by atoms with van der Waals surface area (Å²) >= 11 is 6.07. The van der Waals surface area contributed by atoms with E-state index in [-0.39, 0.29) is 23.2 Å². The maximum absolute atomic E-state index is 12.8. The molecule has 0 aliphatic heterocycles. The number of benzene rings is 1. The molecule has 0 aliphatic rings. The van der Waals surface area contributed by atoms with Gasteiger partial charge < -0.3 is 10.0 Å². The lowest BCUT2D eigenvalue weighted by molar-refractivity contribution is -0.137. The molecule has 0 bridgehead atoms. The normalized spacial score (nSPS) is 10.7. The Labute approximate surface area is 151 Å². The summed E-state index contributed by atoms with van der Waals surface area (Å²) < 4.78 is 0. The number of hydrogen-bond acceptors (Lipinski definition) is 4. The molecule has 0 saturated heterocycles. The van der Waals surface area contributed by atoms with Crippen LogP contribution in [0.3, 0.4) is 0 Å². The first-order chi connectivity index (χ1) is 11.9. The lowest BCUT2D eigenvalue weighted by Gasteiger charge is -2.21. The van der Waals surface area contributed by atoms with E-state index in [1.165, 1.54) is 11.1 Å². The van der Waals surface area contributed by atoms with Gasteiger partial charge in [-0.15, -0.1) is 0 Å². The van der Waals surface area contributed by atoms with Crippen molar-refractivity contribution in [2.45, 2.75) is 26.2 Å². The van der Waals surface area contributed by atoms with Crippen molar-refractivity contribution in [3.8, 4) is 0 Å². The van der Waals surface area contributed by atoms with Gasteiger partial charge in [0.2, 0.25) is 0 Å². The first-order valence-electron chi connectivity index (χ1n) is 7.96. The lowest BCUT2D eigenvalue weighted by Crippen LogP contribution is -2.38. The van der Waals surface area contributed by atoms with Crippen molar-refractivity contribution in [2.24, 2.45) is 0 Å². The summed E-state index contributed by atoms with van der Waals surface area (Å²) in [5, 5.41) is 9.24. The van der Waals surface area contributed by atoms with Gasteiger partial charge >= 0.3 is 5.97 Å². The van der Waals surface area contributed by atoms with Crippen LogP contribution in [-0.2, 0) is 11.2 Å². The Balaban J connectivity index is 2.23. The van der Waals surface area contributed by atoms with E-state index in [4.69, 9.17) is 16.7 Å². The third-order valence-corrected chi connectivity index (χ3v) is 3.88. The molecular formula is C18H20ClN3O3. The molecule has 1 heterocycles. The van der Waals surface area contributed by atoms with Gasteiger partial charge in [-0.2, -0.15) is 0 Å². The Bertz CT molecular complexity index is 750. The molecule has 0 saturated carbocycles. The van der Waals surface area contributed by atoms with E-state index in [0.29, 0.717) is 12.2 Å². The largest absolute Gasteiger partial charge is 0.480 e. The van der Waals surface area contributed by atoms with Crippen LogP contribution in [-0.4, -0.2) is 44.9 Å². The van der Waals surface area contributed by atoms with Crippen molar-refractivity contribution >= 4 is 23.5 Å². The highest BCUT2D eigenvalue weighted by atomic mass is 35.5. The van der Waals surface area contributed by atoms with E-state index < -0.39 is 18.4 Å². The lowest BCUT2D eigenvalue weighted by atomic mass is 10.1. The molecule has 0 atom stereocenters. The Hall–Kier alpha value is -2.47. The van der Waals surface area contributed by atoms with Crippen LogP contribution in [0.5, 0.6) is 0 Å². The number of rotatable bonds is 7. The summed E-state index contributed by atoms with van der Waals surface area (Å²) in [6.45, 7) is 3.65. The topological polar surface area (TPSA) is 83.4 Å². The van der Waals surface area contributed by atoms with Crippen LogP contribution in [0.2, 0.25) is 5.02 Å². The van der Waals surface area contributed by atoms with Crippen molar-refractivity contribution in [1.82, 2.24) is 14.9 Å². The van der Waals surface area contributed by atoms with E-state index in [1.807, 2.05) is 44.2 Å². The molecule has 132 valence electrons. The van der Waals surface area contributed by atoms with Gasteiger partial charge in [0.05, 0.1) is 11.2 Å². The number of carboxylic acids is 1. The molecule has 1 N–H and O–H groups in total. The summed E-state index contributed by atoms with van der Waals surface area (Å²) in [5.74, 6) is -1.07. The van der Waals surface area contributed by atoms with Gasteiger partial charge in [-0.25, -0.2) is 9.97 Å². The minimum atomic E-state index is -1.09. The summed E-state index contributed by atoms with van der Waals surface area (Å²) in [7, 11) is 0. The van der Waals surface area contributed by atoms with Gasteiger partial charge in [0, 0.05) is 12.5 Å². The van der Waals surface area contributed by atoms with Crippen molar-refractivity contribution in [1.29, 1.82) is 0 Å². The molecule has 2 rings (SSSR count). The molecule has 7 heteroatoms. The van der Waals surface area contributed by atoms with Gasteiger partial charge in [-0.05, 0) is 12.0 Å². The highest BCUT2D eigenvalue weighted by Crippen LogP contribution is 2.18. The third-order valence-electron chi connectivity index (χ3n) is 3.61. The highest BCUT2D eigenvalue weighted by molar-refractivity contribution is 6.33. The number of aromatic nitrogens is 2.